The molecule has 0 aliphatic rings. The van der Waals surface area contributed by atoms with E-state index < -0.39 is 0 Å². The van der Waals surface area contributed by atoms with Gasteiger partial charge in [-0.25, -0.2) is 9.97 Å². The quantitative estimate of drug-likeness (QED) is 0.577. The van der Waals surface area contributed by atoms with E-state index in [1.807, 2.05) is 36.6 Å². The first-order valence-electron chi connectivity index (χ1n) is 6.55. The number of nitrogens with zero attached hydrogens (tertiary/aromatic N) is 4. The van der Waals surface area contributed by atoms with Crippen molar-refractivity contribution >= 4 is 22.7 Å². The van der Waals surface area contributed by atoms with Gasteiger partial charge in [-0.3, -0.25) is 10.4 Å². The lowest BCUT2D eigenvalue weighted by Crippen LogP contribution is -1.91. The Balaban J connectivity index is 1.59. The number of nitrogens with one attached hydrogen (secondary N) is 1. The summed E-state index contributed by atoms with van der Waals surface area (Å²) in [6.45, 7) is 1.95. The molecule has 6 nitrogen and oxygen atoms in total. The Morgan fingerprint density at radius 1 is 1.23 bits per heavy atom. The lowest BCUT2D eigenvalue weighted by molar-refractivity contribution is 0.460. The molecule has 0 radical (unpaired) electrons. The summed E-state index contributed by atoms with van der Waals surface area (Å²) in [6, 6.07) is 7.51. The van der Waals surface area contributed by atoms with Gasteiger partial charge in [-0.2, -0.15) is 5.10 Å². The van der Waals surface area contributed by atoms with Crippen LogP contribution in [-0.4, -0.2) is 21.2 Å². The predicted octanol–water partition coefficient (Wildman–Crippen LogP) is 3.48. The van der Waals surface area contributed by atoms with Crippen LogP contribution in [0.1, 0.15) is 11.3 Å². The van der Waals surface area contributed by atoms with Gasteiger partial charge in [0.15, 0.2) is 0 Å². The molecule has 22 heavy (non-hydrogen) atoms. The maximum atomic E-state index is 5.57. The monoisotopic (exact) mass is 311 g/mol. The van der Waals surface area contributed by atoms with Crippen LogP contribution in [0.5, 0.6) is 11.6 Å². The molecular weight excluding hydrogens is 298 g/mol. The van der Waals surface area contributed by atoms with Crippen LogP contribution in [0.3, 0.4) is 0 Å². The third-order valence-electron chi connectivity index (χ3n) is 2.63. The van der Waals surface area contributed by atoms with Crippen molar-refractivity contribution in [2.75, 3.05) is 5.43 Å². The number of thiazole rings is 1. The summed E-state index contributed by atoms with van der Waals surface area (Å²) in [6.07, 6.45) is 6.48. The molecule has 1 N–H and O–H groups in total. The zero-order valence-corrected chi connectivity index (χ0v) is 12.6. The van der Waals surface area contributed by atoms with Gasteiger partial charge in [-0.15, -0.1) is 11.3 Å². The Bertz CT molecular complexity index is 755. The number of hydrazone groups is 1. The van der Waals surface area contributed by atoms with E-state index in [1.54, 1.807) is 24.8 Å². The van der Waals surface area contributed by atoms with Crippen molar-refractivity contribution in [1.29, 1.82) is 0 Å². The molecular formula is C15H13N5OS. The SMILES string of the molecule is Cc1csc(NN=Cc2ccc(Oc3cnccn3)cc2)n1. The predicted molar refractivity (Wildman–Crippen MR) is 86.6 cm³/mol. The summed E-state index contributed by atoms with van der Waals surface area (Å²) in [5.41, 5.74) is 4.83. The van der Waals surface area contributed by atoms with Gasteiger partial charge in [0, 0.05) is 17.8 Å². The minimum Gasteiger partial charge on any atom is -0.438 e. The van der Waals surface area contributed by atoms with Gasteiger partial charge in [0.05, 0.1) is 18.1 Å². The first-order chi connectivity index (χ1) is 10.8. The van der Waals surface area contributed by atoms with Crippen molar-refractivity contribution in [1.82, 2.24) is 15.0 Å². The molecule has 0 spiro atoms. The van der Waals surface area contributed by atoms with Crippen molar-refractivity contribution in [3.8, 4) is 11.6 Å². The molecule has 0 saturated heterocycles. The maximum absolute atomic E-state index is 5.57. The number of aryl methyl sites for hydroxylation is 1. The van der Waals surface area contributed by atoms with Crippen LogP contribution < -0.4 is 10.2 Å². The zero-order valence-electron chi connectivity index (χ0n) is 11.8. The van der Waals surface area contributed by atoms with Gasteiger partial charge in [0.25, 0.3) is 0 Å². The van der Waals surface area contributed by atoms with Gasteiger partial charge in [0.1, 0.15) is 5.75 Å². The summed E-state index contributed by atoms with van der Waals surface area (Å²) >= 11 is 1.52. The maximum Gasteiger partial charge on any atom is 0.237 e. The fourth-order valence-electron chi connectivity index (χ4n) is 1.65. The van der Waals surface area contributed by atoms with E-state index >= 15 is 0 Å². The van der Waals surface area contributed by atoms with Crippen molar-refractivity contribution < 1.29 is 4.74 Å². The Hall–Kier alpha value is -2.80. The molecule has 0 fully saturated rings. The summed E-state index contributed by atoms with van der Waals surface area (Å²) < 4.78 is 5.57. The van der Waals surface area contributed by atoms with Crippen LogP contribution in [0.2, 0.25) is 0 Å². The van der Waals surface area contributed by atoms with Crippen molar-refractivity contribution in [2.45, 2.75) is 6.92 Å². The van der Waals surface area contributed by atoms with Crippen molar-refractivity contribution in [2.24, 2.45) is 5.10 Å². The van der Waals surface area contributed by atoms with Crippen LogP contribution >= 0.6 is 11.3 Å². The second-order valence-electron chi connectivity index (χ2n) is 4.38. The third kappa shape index (κ3) is 3.86. The van der Waals surface area contributed by atoms with E-state index in [9.17, 15) is 0 Å². The van der Waals surface area contributed by atoms with Crippen LogP contribution in [0, 0.1) is 6.92 Å². The van der Waals surface area contributed by atoms with E-state index in [0.29, 0.717) is 11.6 Å². The standard InChI is InChI=1S/C15H13N5OS/c1-11-10-22-15(19-11)20-18-8-12-2-4-13(5-3-12)21-14-9-16-6-7-17-14/h2-10H,1H3,(H,19,20). The highest BCUT2D eigenvalue weighted by atomic mass is 32.1. The lowest BCUT2D eigenvalue weighted by atomic mass is 10.2. The molecule has 110 valence electrons. The average molecular weight is 311 g/mol. The Labute approximate surface area is 131 Å². The number of hydrogen-bond acceptors (Lipinski definition) is 7. The minimum absolute atomic E-state index is 0.463. The first-order valence-corrected chi connectivity index (χ1v) is 7.43. The number of rotatable bonds is 5. The summed E-state index contributed by atoms with van der Waals surface area (Å²) in [5.74, 6) is 1.16. The highest BCUT2D eigenvalue weighted by Gasteiger charge is 1.98. The number of aromatic nitrogens is 3. The summed E-state index contributed by atoms with van der Waals surface area (Å²) in [5, 5.41) is 6.89. The van der Waals surface area contributed by atoms with Crippen molar-refractivity contribution in [3.05, 3.63) is 59.5 Å². The van der Waals surface area contributed by atoms with E-state index in [-0.39, 0.29) is 0 Å². The smallest absolute Gasteiger partial charge is 0.237 e. The Morgan fingerprint density at radius 2 is 2.09 bits per heavy atom. The fourth-order valence-corrected chi connectivity index (χ4v) is 2.29. The van der Waals surface area contributed by atoms with Crippen LogP contribution in [0.4, 0.5) is 5.13 Å². The molecule has 1 aromatic carbocycles. The molecule has 0 saturated carbocycles. The van der Waals surface area contributed by atoms with E-state index in [2.05, 4.69) is 25.5 Å². The van der Waals surface area contributed by atoms with Crippen molar-refractivity contribution in [3.63, 3.8) is 0 Å². The minimum atomic E-state index is 0.463. The van der Waals surface area contributed by atoms with E-state index in [4.69, 9.17) is 4.74 Å². The van der Waals surface area contributed by atoms with Crippen LogP contribution in [0.25, 0.3) is 0 Å². The van der Waals surface area contributed by atoms with E-state index in [1.165, 1.54) is 11.3 Å². The average Bonchev–Trinajstić information content (AvgIpc) is 2.96. The van der Waals surface area contributed by atoms with Gasteiger partial charge in [-0.1, -0.05) is 0 Å². The van der Waals surface area contributed by atoms with Crippen LogP contribution in [0.15, 0.2) is 53.3 Å². The molecule has 0 aliphatic carbocycles. The normalized spacial score (nSPS) is 10.8. The second-order valence-corrected chi connectivity index (χ2v) is 5.24. The molecule has 3 aromatic rings. The molecule has 2 aromatic heterocycles. The summed E-state index contributed by atoms with van der Waals surface area (Å²) in [7, 11) is 0. The highest BCUT2D eigenvalue weighted by molar-refractivity contribution is 7.13. The topological polar surface area (TPSA) is 72.3 Å². The lowest BCUT2D eigenvalue weighted by Gasteiger charge is -2.03. The largest absolute Gasteiger partial charge is 0.438 e. The fraction of sp³-hybridized carbons (Fsp3) is 0.0667. The zero-order chi connectivity index (χ0) is 15.2. The van der Waals surface area contributed by atoms with Crippen LogP contribution in [-0.2, 0) is 0 Å². The van der Waals surface area contributed by atoms with Gasteiger partial charge in [0.2, 0.25) is 11.0 Å². The number of benzene rings is 1. The van der Waals surface area contributed by atoms with Gasteiger partial charge < -0.3 is 4.74 Å². The molecule has 0 amide bonds. The van der Waals surface area contributed by atoms with Gasteiger partial charge in [-0.05, 0) is 36.8 Å². The van der Waals surface area contributed by atoms with Gasteiger partial charge >= 0.3 is 0 Å². The number of ether oxygens (including phenoxy) is 1. The molecule has 0 unspecified atom stereocenters. The molecule has 0 atom stereocenters. The molecule has 7 heteroatoms. The molecule has 2 heterocycles. The highest BCUT2D eigenvalue weighted by Crippen LogP contribution is 2.18. The number of hydrogen-bond donors (Lipinski definition) is 1. The molecule has 3 rings (SSSR count). The first kappa shape index (κ1) is 14.2. The third-order valence-corrected chi connectivity index (χ3v) is 3.50. The molecule has 0 bridgehead atoms. The second kappa shape index (κ2) is 6.77. The number of anilines is 1. The Kier molecular flexibility index (Phi) is 4.35. The van der Waals surface area contributed by atoms with E-state index in [0.717, 1.165) is 16.4 Å². The molecule has 0 aliphatic heterocycles. The Morgan fingerprint density at radius 3 is 2.77 bits per heavy atom. The summed E-state index contributed by atoms with van der Waals surface area (Å²) in [4.78, 5) is 12.3.